The van der Waals surface area contributed by atoms with Crippen molar-refractivity contribution in [3.8, 4) is 0 Å². The molecule has 1 N–H and O–H groups in total. The first-order valence-electron chi connectivity index (χ1n) is 3.97. The van der Waals surface area contributed by atoms with Crippen LogP contribution in [0, 0.1) is 0 Å². The lowest BCUT2D eigenvalue weighted by Gasteiger charge is -2.10. The van der Waals surface area contributed by atoms with Gasteiger partial charge in [-0.25, -0.2) is 4.79 Å². The molecule has 0 spiro atoms. The van der Waals surface area contributed by atoms with Crippen LogP contribution in [-0.4, -0.2) is 29.2 Å². The van der Waals surface area contributed by atoms with E-state index >= 15 is 0 Å². The van der Waals surface area contributed by atoms with Crippen LogP contribution >= 0.6 is 11.3 Å². The molecule has 2 rings (SSSR count). The number of nitrogens with zero attached hydrogens (tertiary/aromatic N) is 1. The molecule has 1 aromatic heterocycles. The van der Waals surface area contributed by atoms with E-state index in [9.17, 15) is 4.79 Å². The van der Waals surface area contributed by atoms with Crippen molar-refractivity contribution in [3.63, 3.8) is 0 Å². The molecule has 0 saturated heterocycles. The summed E-state index contributed by atoms with van der Waals surface area (Å²) in [6.07, 6.45) is 1.12. The molecule has 3 nitrogen and oxygen atoms in total. The lowest BCUT2D eigenvalue weighted by molar-refractivity contribution is 0.158. The van der Waals surface area contributed by atoms with Crippen molar-refractivity contribution in [1.29, 1.82) is 0 Å². The van der Waals surface area contributed by atoms with Crippen molar-refractivity contribution in [1.82, 2.24) is 4.90 Å². The molecular formula is C9H9NO2S. The molecule has 1 aliphatic heterocycles. The number of amides is 1. The van der Waals surface area contributed by atoms with Crippen LogP contribution < -0.4 is 0 Å². The van der Waals surface area contributed by atoms with Gasteiger partial charge in [-0.2, -0.15) is 11.3 Å². The summed E-state index contributed by atoms with van der Waals surface area (Å²) in [5.41, 5.74) is 2.26. The SMILES string of the molecule is O=C(O)N1CC=C(c2ccsc2)C1. The summed E-state index contributed by atoms with van der Waals surface area (Å²) in [4.78, 5) is 12.0. The topological polar surface area (TPSA) is 40.5 Å². The minimum Gasteiger partial charge on any atom is -0.465 e. The normalized spacial score (nSPS) is 16.0. The summed E-state index contributed by atoms with van der Waals surface area (Å²) in [7, 11) is 0. The quantitative estimate of drug-likeness (QED) is 0.745. The van der Waals surface area contributed by atoms with Gasteiger partial charge in [0.15, 0.2) is 0 Å². The third-order valence-corrected chi connectivity index (χ3v) is 2.76. The van der Waals surface area contributed by atoms with Crippen LogP contribution in [0.25, 0.3) is 5.57 Å². The molecule has 4 heteroatoms. The van der Waals surface area contributed by atoms with E-state index in [0.29, 0.717) is 13.1 Å². The van der Waals surface area contributed by atoms with Gasteiger partial charge < -0.3 is 10.0 Å². The highest BCUT2D eigenvalue weighted by Crippen LogP contribution is 2.22. The Kier molecular flexibility index (Phi) is 2.06. The molecule has 0 aliphatic carbocycles. The van der Waals surface area contributed by atoms with E-state index in [2.05, 4.69) is 0 Å². The molecule has 13 heavy (non-hydrogen) atoms. The standard InChI is InChI=1S/C9H9NO2S/c11-9(12)10-3-1-7(5-10)8-2-4-13-6-8/h1-2,4,6H,3,5H2,(H,11,12). The summed E-state index contributed by atoms with van der Waals surface area (Å²) in [5, 5.41) is 12.8. The van der Waals surface area contributed by atoms with Crippen molar-refractivity contribution >= 4 is 23.0 Å². The summed E-state index contributed by atoms with van der Waals surface area (Å²) >= 11 is 1.63. The van der Waals surface area contributed by atoms with Crippen molar-refractivity contribution in [2.24, 2.45) is 0 Å². The van der Waals surface area contributed by atoms with Crippen LogP contribution in [0.4, 0.5) is 4.79 Å². The van der Waals surface area contributed by atoms with Gasteiger partial charge in [0.05, 0.1) is 0 Å². The third kappa shape index (κ3) is 1.58. The van der Waals surface area contributed by atoms with E-state index in [-0.39, 0.29) is 0 Å². The number of carbonyl (C=O) groups is 1. The predicted octanol–water partition coefficient (Wildman–Crippen LogP) is 2.13. The molecule has 68 valence electrons. The fraction of sp³-hybridized carbons (Fsp3) is 0.222. The van der Waals surface area contributed by atoms with E-state index in [4.69, 9.17) is 5.11 Å². The van der Waals surface area contributed by atoms with Crippen LogP contribution in [-0.2, 0) is 0 Å². The Morgan fingerprint density at radius 1 is 1.62 bits per heavy atom. The largest absolute Gasteiger partial charge is 0.465 e. The maximum atomic E-state index is 10.6. The molecule has 0 aromatic carbocycles. The average molecular weight is 195 g/mol. The molecule has 0 saturated carbocycles. The highest BCUT2D eigenvalue weighted by molar-refractivity contribution is 7.08. The van der Waals surface area contributed by atoms with Gasteiger partial charge in [0, 0.05) is 13.1 Å². The minimum absolute atomic E-state index is 0.514. The van der Waals surface area contributed by atoms with Gasteiger partial charge in [-0.15, -0.1) is 0 Å². The van der Waals surface area contributed by atoms with Crippen molar-refractivity contribution < 1.29 is 9.90 Å². The van der Waals surface area contributed by atoms with Crippen molar-refractivity contribution in [2.75, 3.05) is 13.1 Å². The smallest absolute Gasteiger partial charge is 0.407 e. The Bertz CT molecular complexity index is 343. The first-order valence-corrected chi connectivity index (χ1v) is 4.91. The molecule has 0 bridgehead atoms. The lowest BCUT2D eigenvalue weighted by atomic mass is 10.1. The minimum atomic E-state index is -0.846. The molecule has 0 atom stereocenters. The maximum absolute atomic E-state index is 10.6. The summed E-state index contributed by atoms with van der Waals surface area (Å²) in [6.45, 7) is 1.03. The Labute approximate surface area is 79.9 Å². The van der Waals surface area contributed by atoms with Gasteiger partial charge >= 0.3 is 6.09 Å². The zero-order valence-electron chi connectivity index (χ0n) is 6.93. The van der Waals surface area contributed by atoms with Crippen molar-refractivity contribution in [3.05, 3.63) is 28.5 Å². The van der Waals surface area contributed by atoms with E-state index in [1.54, 1.807) is 11.3 Å². The van der Waals surface area contributed by atoms with Gasteiger partial charge in [0.2, 0.25) is 0 Å². The predicted molar refractivity (Wildman–Crippen MR) is 51.9 cm³/mol. The molecule has 0 radical (unpaired) electrons. The molecule has 1 aliphatic rings. The number of carboxylic acid groups (broad SMARTS) is 1. The van der Waals surface area contributed by atoms with Crippen LogP contribution in [0.15, 0.2) is 22.9 Å². The Balaban J connectivity index is 2.10. The summed E-state index contributed by atoms with van der Waals surface area (Å²) < 4.78 is 0. The summed E-state index contributed by atoms with van der Waals surface area (Å²) in [6, 6.07) is 2.02. The number of hydrogen-bond acceptors (Lipinski definition) is 2. The summed E-state index contributed by atoms with van der Waals surface area (Å²) in [5.74, 6) is 0. The monoisotopic (exact) mass is 195 g/mol. The number of rotatable bonds is 1. The molecule has 0 unspecified atom stereocenters. The lowest BCUT2D eigenvalue weighted by Crippen LogP contribution is -2.26. The Morgan fingerprint density at radius 3 is 3.00 bits per heavy atom. The maximum Gasteiger partial charge on any atom is 0.407 e. The highest BCUT2D eigenvalue weighted by Gasteiger charge is 2.19. The second-order valence-electron chi connectivity index (χ2n) is 2.90. The van der Waals surface area contributed by atoms with Gasteiger partial charge in [-0.3, -0.25) is 0 Å². The molecule has 2 heterocycles. The second kappa shape index (κ2) is 3.22. The molecular weight excluding hydrogens is 186 g/mol. The second-order valence-corrected chi connectivity index (χ2v) is 3.68. The molecule has 1 amide bonds. The van der Waals surface area contributed by atoms with Crippen LogP contribution in [0.5, 0.6) is 0 Å². The number of thiophene rings is 1. The van der Waals surface area contributed by atoms with E-state index < -0.39 is 6.09 Å². The number of hydrogen-bond donors (Lipinski definition) is 1. The van der Waals surface area contributed by atoms with E-state index in [1.807, 2.05) is 22.9 Å². The first-order chi connectivity index (χ1) is 6.27. The molecule has 0 fully saturated rings. The Hall–Kier alpha value is -1.29. The van der Waals surface area contributed by atoms with Gasteiger partial charge in [0.1, 0.15) is 0 Å². The average Bonchev–Trinajstić information content (AvgIpc) is 2.75. The fourth-order valence-corrected chi connectivity index (χ4v) is 2.04. The third-order valence-electron chi connectivity index (χ3n) is 2.08. The van der Waals surface area contributed by atoms with Crippen LogP contribution in [0.2, 0.25) is 0 Å². The molecule has 1 aromatic rings. The Morgan fingerprint density at radius 2 is 2.46 bits per heavy atom. The van der Waals surface area contributed by atoms with Gasteiger partial charge in [-0.05, 0) is 28.0 Å². The zero-order valence-corrected chi connectivity index (χ0v) is 7.75. The van der Waals surface area contributed by atoms with Gasteiger partial charge in [0.25, 0.3) is 0 Å². The van der Waals surface area contributed by atoms with E-state index in [1.165, 1.54) is 4.90 Å². The zero-order chi connectivity index (χ0) is 9.26. The van der Waals surface area contributed by atoms with Gasteiger partial charge in [-0.1, -0.05) is 6.08 Å². The van der Waals surface area contributed by atoms with E-state index in [0.717, 1.165) is 11.1 Å². The van der Waals surface area contributed by atoms with Crippen molar-refractivity contribution in [2.45, 2.75) is 0 Å². The fourth-order valence-electron chi connectivity index (χ4n) is 1.36. The highest BCUT2D eigenvalue weighted by atomic mass is 32.1. The van der Waals surface area contributed by atoms with Crippen LogP contribution in [0.3, 0.4) is 0 Å². The van der Waals surface area contributed by atoms with Crippen LogP contribution in [0.1, 0.15) is 5.56 Å². The first kappa shape index (κ1) is 8.31.